The van der Waals surface area contributed by atoms with Crippen LogP contribution < -0.4 is 5.73 Å². The molecule has 3 aliphatic rings. The van der Waals surface area contributed by atoms with Crippen molar-refractivity contribution in [3.8, 4) is 0 Å². The van der Waals surface area contributed by atoms with Crippen molar-refractivity contribution in [3.63, 3.8) is 0 Å². The third kappa shape index (κ3) is 4.01. The average molecular weight is 614 g/mol. The van der Waals surface area contributed by atoms with Crippen LogP contribution in [0.4, 0.5) is 32.2 Å². The third-order valence-corrected chi connectivity index (χ3v) is 9.57. The topological polar surface area (TPSA) is 140 Å². The monoisotopic (exact) mass is 613 g/mol. The van der Waals surface area contributed by atoms with E-state index in [-0.39, 0.29) is 22.2 Å². The summed E-state index contributed by atoms with van der Waals surface area (Å²) in [6, 6.07) is 6.07. The number of sulfonamides is 1. The highest BCUT2D eigenvalue weighted by Crippen LogP contribution is 2.73. The normalized spacial score (nSPS) is 26.7. The lowest BCUT2D eigenvalue weighted by Gasteiger charge is -2.57. The lowest BCUT2D eigenvalue weighted by atomic mass is 9.55. The minimum atomic E-state index is -5.63. The summed E-state index contributed by atoms with van der Waals surface area (Å²) < 4.78 is 109. The van der Waals surface area contributed by atoms with E-state index in [9.17, 15) is 44.7 Å². The van der Waals surface area contributed by atoms with Crippen LogP contribution in [0.15, 0.2) is 47.6 Å². The van der Waals surface area contributed by atoms with E-state index in [0.29, 0.717) is 6.20 Å². The molecule has 10 nitrogen and oxygen atoms in total. The van der Waals surface area contributed by atoms with E-state index in [4.69, 9.17) is 17.3 Å². The van der Waals surface area contributed by atoms with Gasteiger partial charge in [-0.15, -0.1) is 11.6 Å². The van der Waals surface area contributed by atoms with Gasteiger partial charge in [0.2, 0.25) is 0 Å². The Balaban J connectivity index is 1.75. The van der Waals surface area contributed by atoms with Crippen molar-refractivity contribution in [2.24, 2.45) is 5.41 Å². The van der Waals surface area contributed by atoms with Crippen LogP contribution in [0, 0.1) is 5.41 Å². The van der Waals surface area contributed by atoms with Crippen molar-refractivity contribution >= 4 is 39.1 Å². The molecule has 216 valence electrons. The zero-order valence-electron chi connectivity index (χ0n) is 19.8. The molecule has 0 saturated heterocycles. The molecule has 4 unspecified atom stereocenters. The molecule has 4 atom stereocenters. The number of nitrogens with zero attached hydrogens (tertiary/aromatic N) is 4. The zero-order chi connectivity index (χ0) is 29.5. The number of imidazole rings is 1. The highest BCUT2D eigenvalue weighted by molar-refractivity contribution is 7.89. The maximum atomic E-state index is 13.7. The number of aliphatic hydroxyl groups excluding tert-OH is 1. The molecule has 2 aromatic heterocycles. The third-order valence-electron chi connectivity index (χ3n) is 7.32. The molecule has 2 heterocycles. The second kappa shape index (κ2) is 8.92. The van der Waals surface area contributed by atoms with Gasteiger partial charge in [-0.25, -0.2) is 23.2 Å². The van der Waals surface area contributed by atoms with E-state index >= 15 is 0 Å². The SMILES string of the molecule is Nc1nc(C(F)(F)F)cn2c(C3C4(CO)CC(Cl)C3(N(OC(=O)C(F)(F)F)S(=O)(=O)c3ccccc3)C4)cnc12. The number of aliphatic hydroxyl groups is 1. The summed E-state index contributed by atoms with van der Waals surface area (Å²) in [5, 5.41) is 8.96. The van der Waals surface area contributed by atoms with Crippen molar-refractivity contribution in [1.29, 1.82) is 0 Å². The summed E-state index contributed by atoms with van der Waals surface area (Å²) in [6.45, 7) is -0.686. The predicted molar refractivity (Wildman–Crippen MR) is 124 cm³/mol. The Bertz CT molecular complexity index is 1600. The number of carbonyl (C=O) groups excluding carboxylic acids is 1. The Morgan fingerprint density at radius 3 is 2.45 bits per heavy atom. The van der Waals surface area contributed by atoms with Gasteiger partial charge in [-0.05, 0) is 29.4 Å². The number of aromatic nitrogens is 3. The molecule has 2 bridgehead atoms. The first-order chi connectivity index (χ1) is 18.5. The van der Waals surface area contributed by atoms with Crippen LogP contribution in [0.25, 0.3) is 5.65 Å². The second-order valence-electron chi connectivity index (χ2n) is 9.60. The molecular formula is C22H18ClF6N5O5S. The van der Waals surface area contributed by atoms with Crippen LogP contribution in [0.2, 0.25) is 0 Å². The standard InChI is InChI=1S/C22H18ClF6N5O5S/c23-13-6-19(10-35)9-20(13,15(19)12-7-31-17-16(30)32-14(8-33(12)17)21(24,25)26)34(39-18(36)22(27,28)29)40(37,38)11-4-2-1-3-5-11/h1-5,7-8,13,15,35H,6,9-10H2,(H2,30,32). The number of halogens is 7. The molecular weight excluding hydrogens is 596 g/mol. The minimum absolute atomic E-state index is 0.122. The molecule has 0 spiro atoms. The Hall–Kier alpha value is -3.15. The molecule has 3 N–H and O–H groups in total. The highest BCUT2D eigenvalue weighted by Gasteiger charge is 2.79. The first-order valence-electron chi connectivity index (χ1n) is 11.3. The molecule has 18 heteroatoms. The summed E-state index contributed by atoms with van der Waals surface area (Å²) in [5.41, 5.74) is 0.309. The van der Waals surface area contributed by atoms with Gasteiger partial charge in [-0.2, -0.15) is 26.3 Å². The van der Waals surface area contributed by atoms with Crippen molar-refractivity contribution in [2.75, 3.05) is 12.3 Å². The fraction of sp³-hybridized carbons (Fsp3) is 0.409. The number of carbonyl (C=O) groups is 1. The van der Waals surface area contributed by atoms with Crippen LogP contribution in [0.3, 0.4) is 0 Å². The van der Waals surface area contributed by atoms with E-state index in [2.05, 4.69) is 14.8 Å². The van der Waals surface area contributed by atoms with Gasteiger partial charge in [-0.1, -0.05) is 18.2 Å². The number of anilines is 1. The highest BCUT2D eigenvalue weighted by atomic mass is 35.5. The Morgan fingerprint density at radius 2 is 1.88 bits per heavy atom. The number of fused-ring (bicyclic) bond motifs is 2. The van der Waals surface area contributed by atoms with Gasteiger partial charge in [0, 0.05) is 36.0 Å². The summed E-state index contributed by atoms with van der Waals surface area (Å²) in [6.07, 6.45) is -9.61. The minimum Gasteiger partial charge on any atom is -0.396 e. The molecule has 0 aliphatic heterocycles. The van der Waals surface area contributed by atoms with Crippen molar-refractivity contribution in [2.45, 2.75) is 46.9 Å². The average Bonchev–Trinajstić information content (AvgIpc) is 3.48. The van der Waals surface area contributed by atoms with E-state index in [1.807, 2.05) is 0 Å². The number of nitrogens with two attached hydrogens (primary N) is 1. The molecule has 3 aliphatic carbocycles. The molecule has 0 radical (unpaired) electrons. The van der Waals surface area contributed by atoms with E-state index in [0.717, 1.165) is 22.7 Å². The largest absolute Gasteiger partial charge is 0.492 e. The molecule has 3 fully saturated rings. The van der Waals surface area contributed by atoms with Gasteiger partial charge < -0.3 is 15.7 Å². The van der Waals surface area contributed by atoms with Gasteiger partial charge in [0.25, 0.3) is 10.0 Å². The Labute approximate surface area is 226 Å². The summed E-state index contributed by atoms with van der Waals surface area (Å²) >= 11 is 6.58. The number of hydrogen-bond donors (Lipinski definition) is 2. The second-order valence-corrected chi connectivity index (χ2v) is 11.9. The molecule has 6 rings (SSSR count). The number of hydrogen-bond acceptors (Lipinski definition) is 8. The Morgan fingerprint density at radius 1 is 1.23 bits per heavy atom. The molecule has 0 amide bonds. The summed E-state index contributed by atoms with van der Waals surface area (Å²) in [7, 11) is -5.07. The van der Waals surface area contributed by atoms with Crippen LogP contribution in [-0.2, 0) is 25.8 Å². The number of benzene rings is 1. The van der Waals surface area contributed by atoms with Gasteiger partial charge in [0.15, 0.2) is 17.2 Å². The van der Waals surface area contributed by atoms with E-state index in [1.165, 1.54) is 18.2 Å². The van der Waals surface area contributed by atoms with E-state index < -0.39 is 80.0 Å². The quantitative estimate of drug-likeness (QED) is 0.245. The van der Waals surface area contributed by atoms with Crippen LogP contribution in [0.5, 0.6) is 0 Å². The number of hydroxylamine groups is 1. The van der Waals surface area contributed by atoms with Crippen LogP contribution in [0.1, 0.15) is 30.1 Å². The lowest BCUT2D eigenvalue weighted by Crippen LogP contribution is -2.67. The fourth-order valence-corrected chi connectivity index (χ4v) is 8.06. The predicted octanol–water partition coefficient (Wildman–Crippen LogP) is 3.26. The lowest BCUT2D eigenvalue weighted by molar-refractivity contribution is -0.246. The maximum Gasteiger partial charge on any atom is 0.492 e. The molecule has 1 aromatic carbocycles. The van der Waals surface area contributed by atoms with E-state index in [1.54, 1.807) is 0 Å². The zero-order valence-corrected chi connectivity index (χ0v) is 21.4. The first-order valence-corrected chi connectivity index (χ1v) is 13.2. The van der Waals surface area contributed by atoms with Crippen LogP contribution >= 0.6 is 11.6 Å². The molecule has 3 saturated carbocycles. The van der Waals surface area contributed by atoms with Gasteiger partial charge in [-0.3, -0.25) is 4.40 Å². The number of nitrogen functional groups attached to an aromatic ring is 1. The van der Waals surface area contributed by atoms with Gasteiger partial charge >= 0.3 is 18.3 Å². The van der Waals surface area contributed by atoms with Crippen molar-refractivity contribution < 1.29 is 49.5 Å². The van der Waals surface area contributed by atoms with Crippen molar-refractivity contribution in [1.82, 2.24) is 18.8 Å². The van der Waals surface area contributed by atoms with Gasteiger partial charge in [0.05, 0.1) is 15.8 Å². The Kier molecular flexibility index (Phi) is 6.33. The molecule has 40 heavy (non-hydrogen) atoms. The number of alkyl halides is 7. The summed E-state index contributed by atoms with van der Waals surface area (Å²) in [4.78, 5) is 23.2. The van der Waals surface area contributed by atoms with Crippen LogP contribution in [-0.4, -0.2) is 62.0 Å². The first kappa shape index (κ1) is 28.4. The molecule has 3 aromatic rings. The fourth-order valence-electron chi connectivity index (χ4n) is 5.80. The summed E-state index contributed by atoms with van der Waals surface area (Å²) in [5.74, 6) is -4.91. The van der Waals surface area contributed by atoms with Gasteiger partial charge in [0.1, 0.15) is 0 Å². The van der Waals surface area contributed by atoms with Crippen molar-refractivity contribution in [3.05, 3.63) is 54.1 Å². The number of rotatable bonds is 6. The smallest absolute Gasteiger partial charge is 0.396 e. The maximum absolute atomic E-state index is 13.7.